The quantitative estimate of drug-likeness (QED) is 0.393. The summed E-state index contributed by atoms with van der Waals surface area (Å²) >= 11 is 2.48. The van der Waals surface area contributed by atoms with Crippen LogP contribution < -0.4 is 10.9 Å². The van der Waals surface area contributed by atoms with E-state index in [-0.39, 0.29) is 23.2 Å². The van der Waals surface area contributed by atoms with Gasteiger partial charge in [-0.3, -0.25) is 14.2 Å². The van der Waals surface area contributed by atoms with Gasteiger partial charge in [-0.1, -0.05) is 55.5 Å². The molecular formula is C23H22N4O4S2. The van der Waals surface area contributed by atoms with E-state index in [9.17, 15) is 14.4 Å². The summed E-state index contributed by atoms with van der Waals surface area (Å²) in [6.45, 7) is 5.67. The molecule has 0 radical (unpaired) electrons. The van der Waals surface area contributed by atoms with E-state index in [0.29, 0.717) is 27.4 Å². The number of aromatic nitrogens is 3. The van der Waals surface area contributed by atoms with E-state index in [1.54, 1.807) is 13.0 Å². The van der Waals surface area contributed by atoms with Crippen LogP contribution in [0.15, 0.2) is 47.5 Å². The Morgan fingerprint density at radius 3 is 2.67 bits per heavy atom. The number of thiophene rings is 1. The van der Waals surface area contributed by atoms with Crippen molar-refractivity contribution < 1.29 is 14.3 Å². The van der Waals surface area contributed by atoms with Crippen LogP contribution in [0.3, 0.4) is 0 Å². The number of thiazole rings is 1. The largest absolute Gasteiger partial charge is 0.461 e. The second-order valence-electron chi connectivity index (χ2n) is 7.85. The van der Waals surface area contributed by atoms with Gasteiger partial charge in [0.15, 0.2) is 5.13 Å². The second kappa shape index (κ2) is 9.63. The third kappa shape index (κ3) is 5.18. The molecule has 1 N–H and O–H groups in total. The topological polar surface area (TPSA) is 103 Å². The van der Waals surface area contributed by atoms with Crippen molar-refractivity contribution in [2.75, 3.05) is 11.9 Å². The predicted molar refractivity (Wildman–Crippen MR) is 130 cm³/mol. The zero-order chi connectivity index (χ0) is 23.5. The molecule has 4 rings (SSSR count). The van der Waals surface area contributed by atoms with E-state index in [1.165, 1.54) is 22.2 Å². The molecule has 0 spiro atoms. The number of amides is 1. The summed E-state index contributed by atoms with van der Waals surface area (Å²) in [6, 6.07) is 11.6. The SMILES string of the molecule is Cc1nc(NC(=O)Cn2cnc3sc(-c4ccccc4)cc3c2=O)sc1C(=O)OCC(C)C. The van der Waals surface area contributed by atoms with Gasteiger partial charge in [-0.15, -0.1) is 11.3 Å². The summed E-state index contributed by atoms with van der Waals surface area (Å²) in [5.74, 6) is -0.679. The Morgan fingerprint density at radius 2 is 1.94 bits per heavy atom. The number of fused-ring (bicyclic) bond motifs is 1. The first-order valence-corrected chi connectivity index (χ1v) is 11.9. The van der Waals surface area contributed by atoms with Gasteiger partial charge >= 0.3 is 5.97 Å². The predicted octanol–water partition coefficient (Wildman–Crippen LogP) is 4.34. The Kier molecular flexibility index (Phi) is 6.66. The van der Waals surface area contributed by atoms with Crippen LogP contribution in [0.2, 0.25) is 0 Å². The minimum Gasteiger partial charge on any atom is -0.461 e. The van der Waals surface area contributed by atoms with Gasteiger partial charge in [0.1, 0.15) is 16.3 Å². The Balaban J connectivity index is 1.48. The zero-order valence-corrected chi connectivity index (χ0v) is 20.0. The van der Waals surface area contributed by atoms with E-state index < -0.39 is 11.9 Å². The maximum atomic E-state index is 12.9. The first-order valence-electron chi connectivity index (χ1n) is 10.3. The maximum Gasteiger partial charge on any atom is 0.350 e. The van der Waals surface area contributed by atoms with Crippen LogP contribution in [-0.2, 0) is 16.1 Å². The molecule has 3 heterocycles. The van der Waals surface area contributed by atoms with Crippen LogP contribution in [0.5, 0.6) is 0 Å². The highest BCUT2D eigenvalue weighted by Crippen LogP contribution is 2.30. The average molecular weight is 483 g/mol. The number of nitrogens with one attached hydrogen (secondary N) is 1. The molecule has 170 valence electrons. The van der Waals surface area contributed by atoms with Crippen molar-refractivity contribution in [1.82, 2.24) is 14.5 Å². The lowest BCUT2D eigenvalue weighted by Crippen LogP contribution is -2.27. The summed E-state index contributed by atoms with van der Waals surface area (Å²) in [7, 11) is 0. The molecule has 0 aliphatic rings. The van der Waals surface area contributed by atoms with Crippen molar-refractivity contribution in [2.45, 2.75) is 27.3 Å². The van der Waals surface area contributed by atoms with Crippen molar-refractivity contribution in [3.05, 3.63) is 63.7 Å². The summed E-state index contributed by atoms with van der Waals surface area (Å²) in [4.78, 5) is 48.2. The van der Waals surface area contributed by atoms with E-state index in [1.807, 2.05) is 44.2 Å². The molecule has 0 bridgehead atoms. The Labute approximate surface area is 197 Å². The van der Waals surface area contributed by atoms with Crippen LogP contribution in [0.25, 0.3) is 20.7 Å². The molecule has 0 aliphatic carbocycles. The first-order chi connectivity index (χ1) is 15.8. The molecule has 0 saturated heterocycles. The number of esters is 1. The Morgan fingerprint density at radius 1 is 1.18 bits per heavy atom. The van der Waals surface area contributed by atoms with Gasteiger partial charge in [0.2, 0.25) is 5.91 Å². The number of hydrogen-bond acceptors (Lipinski definition) is 8. The van der Waals surface area contributed by atoms with E-state index in [0.717, 1.165) is 21.8 Å². The Bertz CT molecular complexity index is 1370. The van der Waals surface area contributed by atoms with Crippen molar-refractivity contribution >= 4 is 49.9 Å². The maximum absolute atomic E-state index is 12.9. The minimum absolute atomic E-state index is 0.218. The molecule has 0 atom stereocenters. The molecule has 4 aromatic rings. The van der Waals surface area contributed by atoms with Crippen molar-refractivity contribution in [3.8, 4) is 10.4 Å². The summed E-state index contributed by atoms with van der Waals surface area (Å²) in [6.07, 6.45) is 1.37. The van der Waals surface area contributed by atoms with Gasteiger partial charge in [-0.2, -0.15) is 0 Å². The number of rotatable bonds is 7. The van der Waals surface area contributed by atoms with Crippen LogP contribution in [0.1, 0.15) is 29.2 Å². The molecule has 8 nitrogen and oxygen atoms in total. The number of nitrogens with zero attached hydrogens (tertiary/aromatic N) is 3. The van der Waals surface area contributed by atoms with Crippen molar-refractivity contribution in [1.29, 1.82) is 0 Å². The summed E-state index contributed by atoms with van der Waals surface area (Å²) in [5.41, 5.74) is 1.20. The van der Waals surface area contributed by atoms with Crippen LogP contribution in [0.4, 0.5) is 5.13 Å². The summed E-state index contributed by atoms with van der Waals surface area (Å²) < 4.78 is 6.50. The van der Waals surface area contributed by atoms with Crippen LogP contribution in [0, 0.1) is 12.8 Å². The van der Waals surface area contributed by atoms with E-state index in [2.05, 4.69) is 15.3 Å². The van der Waals surface area contributed by atoms with Gasteiger partial charge in [0.05, 0.1) is 24.0 Å². The fourth-order valence-electron chi connectivity index (χ4n) is 3.08. The molecule has 0 unspecified atom stereocenters. The summed E-state index contributed by atoms with van der Waals surface area (Å²) in [5, 5.41) is 3.40. The number of aryl methyl sites for hydroxylation is 1. The van der Waals surface area contributed by atoms with Gasteiger partial charge < -0.3 is 10.1 Å². The molecule has 0 fully saturated rings. The molecule has 1 amide bonds. The van der Waals surface area contributed by atoms with Crippen molar-refractivity contribution in [2.24, 2.45) is 5.92 Å². The molecule has 0 aliphatic heterocycles. The number of carbonyl (C=O) groups is 2. The molecule has 0 saturated carbocycles. The fourth-order valence-corrected chi connectivity index (χ4v) is 4.95. The van der Waals surface area contributed by atoms with Crippen LogP contribution >= 0.6 is 22.7 Å². The third-order valence-electron chi connectivity index (χ3n) is 4.67. The number of hydrogen-bond donors (Lipinski definition) is 1. The lowest BCUT2D eigenvalue weighted by atomic mass is 10.2. The minimum atomic E-state index is -0.461. The molecular weight excluding hydrogens is 460 g/mol. The molecule has 1 aromatic carbocycles. The lowest BCUT2D eigenvalue weighted by molar-refractivity contribution is -0.116. The van der Waals surface area contributed by atoms with Gasteiger partial charge in [0, 0.05) is 4.88 Å². The van der Waals surface area contributed by atoms with Gasteiger partial charge in [0.25, 0.3) is 5.56 Å². The first kappa shape index (κ1) is 22.8. The monoisotopic (exact) mass is 482 g/mol. The molecule has 10 heteroatoms. The average Bonchev–Trinajstić information content (AvgIpc) is 3.38. The van der Waals surface area contributed by atoms with Gasteiger partial charge in [-0.25, -0.2) is 14.8 Å². The smallest absolute Gasteiger partial charge is 0.350 e. The fraction of sp³-hybridized carbons (Fsp3) is 0.261. The van der Waals surface area contributed by atoms with Gasteiger partial charge in [-0.05, 0) is 24.5 Å². The highest BCUT2D eigenvalue weighted by molar-refractivity contribution is 7.21. The molecule has 33 heavy (non-hydrogen) atoms. The zero-order valence-electron chi connectivity index (χ0n) is 18.3. The standard InChI is InChI=1S/C23H22N4O4S2/c1-13(2)11-31-22(30)19-14(3)25-23(33-19)26-18(28)10-27-12-24-20-16(21(27)29)9-17(32-20)15-7-5-4-6-8-15/h4-9,12-13H,10-11H2,1-3H3,(H,25,26,28). The number of ether oxygens (including phenoxy) is 1. The highest BCUT2D eigenvalue weighted by atomic mass is 32.1. The normalized spacial score (nSPS) is 11.2. The van der Waals surface area contributed by atoms with Crippen LogP contribution in [-0.4, -0.2) is 33.0 Å². The van der Waals surface area contributed by atoms with E-state index >= 15 is 0 Å². The second-order valence-corrected chi connectivity index (χ2v) is 9.88. The number of anilines is 1. The molecule has 3 aromatic heterocycles. The van der Waals surface area contributed by atoms with E-state index in [4.69, 9.17) is 4.74 Å². The van der Waals surface area contributed by atoms with Crippen molar-refractivity contribution in [3.63, 3.8) is 0 Å². The Hall–Kier alpha value is -3.37. The lowest BCUT2D eigenvalue weighted by Gasteiger charge is -2.05. The third-order valence-corrected chi connectivity index (χ3v) is 6.81. The number of benzene rings is 1. The number of carbonyl (C=O) groups excluding carboxylic acids is 2. The highest BCUT2D eigenvalue weighted by Gasteiger charge is 2.19.